The quantitative estimate of drug-likeness (QED) is 0.782. The van der Waals surface area contributed by atoms with Gasteiger partial charge in [-0.15, -0.1) is 0 Å². The molecule has 5 nitrogen and oxygen atoms in total. The Morgan fingerprint density at radius 1 is 1.20 bits per heavy atom. The predicted octanol–water partition coefficient (Wildman–Crippen LogP) is 1.53. The number of hydrogen-bond donors (Lipinski definition) is 1. The first kappa shape index (κ1) is 16.9. The second-order valence-electron chi connectivity index (χ2n) is 5.66. The van der Waals surface area contributed by atoms with Gasteiger partial charge in [0.05, 0.1) is 0 Å². The van der Waals surface area contributed by atoms with E-state index in [9.17, 15) is 0 Å². The Morgan fingerprint density at radius 2 is 1.80 bits per heavy atom. The summed E-state index contributed by atoms with van der Waals surface area (Å²) in [6, 6.07) is 0.582. The smallest absolute Gasteiger partial charge is 0.225 e. The molecule has 0 aliphatic rings. The highest BCUT2D eigenvalue weighted by molar-refractivity contribution is 5.31. The topological polar surface area (TPSA) is 58.3 Å². The molecule has 2 unspecified atom stereocenters. The van der Waals surface area contributed by atoms with Gasteiger partial charge in [-0.2, -0.15) is 0 Å². The number of aromatic nitrogens is 2. The van der Waals surface area contributed by atoms with Crippen LogP contribution in [-0.2, 0) is 6.42 Å². The zero-order valence-electron chi connectivity index (χ0n) is 13.5. The van der Waals surface area contributed by atoms with Crippen molar-refractivity contribution in [3.63, 3.8) is 0 Å². The maximum Gasteiger partial charge on any atom is 0.225 e. The molecule has 2 N–H and O–H groups in total. The second kappa shape index (κ2) is 8.17. The standard InChI is InChI=1S/C15H29N5/c1-6-14(16)8-13-9-17-15(18-10-13)20(7-2)12(3)11-19(4)5/h9-10,12,14H,6-8,11,16H2,1-5H3. The fourth-order valence-electron chi connectivity index (χ4n) is 2.33. The van der Waals surface area contributed by atoms with Gasteiger partial charge in [0.25, 0.3) is 0 Å². The van der Waals surface area contributed by atoms with Crippen LogP contribution in [0.1, 0.15) is 32.8 Å². The first-order valence-electron chi connectivity index (χ1n) is 7.45. The van der Waals surface area contributed by atoms with Gasteiger partial charge in [-0.1, -0.05) is 6.92 Å². The lowest BCUT2D eigenvalue weighted by atomic mass is 10.1. The number of nitrogens with zero attached hydrogens (tertiary/aromatic N) is 4. The summed E-state index contributed by atoms with van der Waals surface area (Å²) in [6.45, 7) is 8.33. The minimum atomic E-state index is 0.194. The van der Waals surface area contributed by atoms with Crippen molar-refractivity contribution >= 4 is 5.95 Å². The maximum absolute atomic E-state index is 5.96. The van der Waals surface area contributed by atoms with Gasteiger partial charge >= 0.3 is 0 Å². The predicted molar refractivity (Wildman–Crippen MR) is 85.0 cm³/mol. The normalized spacial score (nSPS) is 14.3. The summed E-state index contributed by atoms with van der Waals surface area (Å²) >= 11 is 0. The Morgan fingerprint density at radius 3 is 2.25 bits per heavy atom. The Kier molecular flexibility index (Phi) is 6.88. The summed E-state index contributed by atoms with van der Waals surface area (Å²) in [4.78, 5) is 13.4. The van der Waals surface area contributed by atoms with Gasteiger partial charge in [0.15, 0.2) is 0 Å². The average molecular weight is 279 g/mol. The average Bonchev–Trinajstić information content (AvgIpc) is 2.40. The lowest BCUT2D eigenvalue weighted by Gasteiger charge is -2.30. The Bertz CT molecular complexity index is 376. The molecule has 0 spiro atoms. The molecule has 1 heterocycles. The van der Waals surface area contributed by atoms with Crippen molar-refractivity contribution in [1.29, 1.82) is 0 Å². The number of likely N-dealkylation sites (N-methyl/N-ethyl adjacent to an activating group) is 2. The molecule has 0 amide bonds. The highest BCUT2D eigenvalue weighted by Gasteiger charge is 2.16. The highest BCUT2D eigenvalue weighted by atomic mass is 15.3. The summed E-state index contributed by atoms with van der Waals surface area (Å²) in [6.07, 6.45) is 5.63. The zero-order valence-corrected chi connectivity index (χ0v) is 13.5. The first-order valence-corrected chi connectivity index (χ1v) is 7.45. The Hall–Kier alpha value is -1.20. The SMILES string of the molecule is CCC(N)Cc1cnc(N(CC)C(C)CN(C)C)nc1. The molecule has 2 atom stereocenters. The molecule has 0 aliphatic carbocycles. The summed E-state index contributed by atoms with van der Waals surface area (Å²) in [5.74, 6) is 0.802. The van der Waals surface area contributed by atoms with Crippen LogP contribution in [0.4, 0.5) is 5.95 Å². The van der Waals surface area contributed by atoms with E-state index in [0.29, 0.717) is 6.04 Å². The fourth-order valence-corrected chi connectivity index (χ4v) is 2.33. The van der Waals surface area contributed by atoms with Crippen LogP contribution in [0.3, 0.4) is 0 Å². The van der Waals surface area contributed by atoms with Crippen molar-refractivity contribution in [2.45, 2.75) is 45.7 Å². The molecule has 20 heavy (non-hydrogen) atoms. The van der Waals surface area contributed by atoms with E-state index in [1.54, 1.807) is 0 Å². The minimum absolute atomic E-state index is 0.194. The molecule has 0 aromatic carbocycles. The molecule has 0 bridgehead atoms. The van der Waals surface area contributed by atoms with Crippen LogP contribution < -0.4 is 10.6 Å². The van der Waals surface area contributed by atoms with E-state index < -0.39 is 0 Å². The fraction of sp³-hybridized carbons (Fsp3) is 0.733. The van der Waals surface area contributed by atoms with E-state index in [1.807, 2.05) is 12.4 Å². The number of hydrogen-bond acceptors (Lipinski definition) is 5. The first-order chi connectivity index (χ1) is 9.47. The highest BCUT2D eigenvalue weighted by Crippen LogP contribution is 2.12. The van der Waals surface area contributed by atoms with Crippen molar-refractivity contribution < 1.29 is 0 Å². The zero-order chi connectivity index (χ0) is 15.1. The molecule has 1 aromatic heterocycles. The van der Waals surface area contributed by atoms with Crippen molar-refractivity contribution in [2.75, 3.05) is 32.1 Å². The largest absolute Gasteiger partial charge is 0.337 e. The van der Waals surface area contributed by atoms with Crippen LogP contribution in [-0.4, -0.2) is 54.1 Å². The molecular formula is C15H29N5. The second-order valence-corrected chi connectivity index (χ2v) is 5.66. The van der Waals surface area contributed by atoms with E-state index in [-0.39, 0.29) is 6.04 Å². The molecule has 5 heteroatoms. The van der Waals surface area contributed by atoms with Gasteiger partial charge in [0, 0.05) is 37.6 Å². The van der Waals surface area contributed by atoms with Gasteiger partial charge in [0.2, 0.25) is 5.95 Å². The van der Waals surface area contributed by atoms with Gasteiger partial charge in [-0.3, -0.25) is 0 Å². The van der Waals surface area contributed by atoms with Crippen molar-refractivity contribution in [3.8, 4) is 0 Å². The van der Waals surface area contributed by atoms with Crippen molar-refractivity contribution in [2.24, 2.45) is 5.73 Å². The molecule has 1 rings (SSSR count). The summed E-state index contributed by atoms with van der Waals surface area (Å²) < 4.78 is 0. The molecule has 0 fully saturated rings. The third-order valence-electron chi connectivity index (χ3n) is 3.47. The van der Waals surface area contributed by atoms with E-state index in [4.69, 9.17) is 5.73 Å². The molecule has 0 radical (unpaired) electrons. The van der Waals surface area contributed by atoms with Crippen molar-refractivity contribution in [3.05, 3.63) is 18.0 Å². The summed E-state index contributed by atoms with van der Waals surface area (Å²) in [7, 11) is 4.17. The Balaban J connectivity index is 2.74. The van der Waals surface area contributed by atoms with Gasteiger partial charge in [-0.25, -0.2) is 9.97 Å². The van der Waals surface area contributed by atoms with Gasteiger partial charge in [0.1, 0.15) is 0 Å². The van der Waals surface area contributed by atoms with E-state index in [1.165, 1.54) is 0 Å². The molecule has 1 aromatic rings. The van der Waals surface area contributed by atoms with E-state index in [0.717, 1.165) is 37.4 Å². The van der Waals surface area contributed by atoms with Crippen LogP contribution in [0.5, 0.6) is 0 Å². The number of nitrogens with two attached hydrogens (primary N) is 1. The maximum atomic E-state index is 5.96. The summed E-state index contributed by atoms with van der Waals surface area (Å²) in [5, 5.41) is 0. The third-order valence-corrected chi connectivity index (χ3v) is 3.47. The third kappa shape index (κ3) is 5.06. The number of rotatable bonds is 8. The van der Waals surface area contributed by atoms with Crippen LogP contribution in [0.25, 0.3) is 0 Å². The van der Waals surface area contributed by atoms with Crippen LogP contribution in [0, 0.1) is 0 Å². The molecule has 0 saturated carbocycles. The number of anilines is 1. The molecule has 114 valence electrons. The Labute approximate surface area is 123 Å². The lowest BCUT2D eigenvalue weighted by Crippen LogP contribution is -2.41. The van der Waals surface area contributed by atoms with Crippen LogP contribution in [0.2, 0.25) is 0 Å². The van der Waals surface area contributed by atoms with Crippen LogP contribution >= 0.6 is 0 Å². The molecule has 0 aliphatic heterocycles. The lowest BCUT2D eigenvalue weighted by molar-refractivity contribution is 0.371. The monoisotopic (exact) mass is 279 g/mol. The van der Waals surface area contributed by atoms with Crippen molar-refractivity contribution in [1.82, 2.24) is 14.9 Å². The van der Waals surface area contributed by atoms with Crippen LogP contribution in [0.15, 0.2) is 12.4 Å². The minimum Gasteiger partial charge on any atom is -0.337 e. The molecular weight excluding hydrogens is 250 g/mol. The van der Waals surface area contributed by atoms with Gasteiger partial charge in [-0.05, 0) is 46.3 Å². The summed E-state index contributed by atoms with van der Waals surface area (Å²) in [5.41, 5.74) is 7.07. The van der Waals surface area contributed by atoms with E-state index in [2.05, 4.69) is 54.6 Å². The van der Waals surface area contributed by atoms with E-state index >= 15 is 0 Å². The molecule has 0 saturated heterocycles. The van der Waals surface area contributed by atoms with Gasteiger partial charge < -0.3 is 15.5 Å².